The number of carbonyl (C=O) groups is 1. The molecule has 29 heavy (non-hydrogen) atoms. The number of nitrogens with zero attached hydrogens (tertiary/aromatic N) is 1. The van der Waals surface area contributed by atoms with Gasteiger partial charge in [-0.2, -0.15) is 4.31 Å². The molecule has 0 bridgehead atoms. The molecule has 1 aliphatic rings. The number of carbonyl (C=O) groups excluding carboxylic acids is 1. The minimum absolute atomic E-state index is 0.114. The van der Waals surface area contributed by atoms with Crippen LogP contribution in [0, 0.1) is 5.92 Å². The fourth-order valence-corrected chi connectivity index (χ4v) is 5.41. The molecule has 0 unspecified atom stereocenters. The SMILES string of the molecule is CCc1cccc(CC)c1NC(=O)[C@H]1CCCN(S(=O)(=O)c2ccc(Cl)cc2)C1. The molecule has 0 aliphatic carbocycles. The zero-order chi connectivity index (χ0) is 21.0. The van der Waals surface area contributed by atoms with E-state index in [0.29, 0.717) is 24.4 Å². The van der Waals surface area contributed by atoms with Crippen molar-refractivity contribution >= 4 is 33.2 Å². The van der Waals surface area contributed by atoms with Gasteiger partial charge < -0.3 is 5.32 Å². The second-order valence-electron chi connectivity index (χ2n) is 7.30. The Bertz CT molecular complexity index is 952. The topological polar surface area (TPSA) is 66.5 Å². The lowest BCUT2D eigenvalue weighted by Gasteiger charge is -2.31. The number of hydrogen-bond donors (Lipinski definition) is 1. The van der Waals surface area contributed by atoms with Crippen molar-refractivity contribution in [1.82, 2.24) is 4.31 Å². The van der Waals surface area contributed by atoms with Crippen molar-refractivity contribution in [3.05, 3.63) is 58.6 Å². The Morgan fingerprint density at radius 2 is 1.72 bits per heavy atom. The highest BCUT2D eigenvalue weighted by molar-refractivity contribution is 7.89. The van der Waals surface area contributed by atoms with E-state index in [2.05, 4.69) is 19.2 Å². The average molecular weight is 435 g/mol. The molecule has 5 nitrogen and oxygen atoms in total. The van der Waals surface area contributed by atoms with Gasteiger partial charge in [-0.25, -0.2) is 8.42 Å². The summed E-state index contributed by atoms with van der Waals surface area (Å²) in [6, 6.07) is 12.2. The molecule has 2 aromatic rings. The van der Waals surface area contributed by atoms with Gasteiger partial charge in [-0.3, -0.25) is 4.79 Å². The summed E-state index contributed by atoms with van der Waals surface area (Å²) >= 11 is 5.88. The summed E-state index contributed by atoms with van der Waals surface area (Å²) in [6.45, 7) is 4.73. The Labute approximate surface area is 178 Å². The smallest absolute Gasteiger partial charge is 0.243 e. The number of piperidine rings is 1. The lowest BCUT2D eigenvalue weighted by Crippen LogP contribution is -2.43. The monoisotopic (exact) mass is 434 g/mol. The van der Waals surface area contributed by atoms with E-state index < -0.39 is 10.0 Å². The number of benzene rings is 2. The van der Waals surface area contributed by atoms with Crippen molar-refractivity contribution in [2.75, 3.05) is 18.4 Å². The van der Waals surface area contributed by atoms with E-state index >= 15 is 0 Å². The summed E-state index contributed by atoms with van der Waals surface area (Å²) in [6.07, 6.45) is 2.98. The van der Waals surface area contributed by atoms with Gasteiger partial charge in [0.15, 0.2) is 0 Å². The van der Waals surface area contributed by atoms with Crippen molar-refractivity contribution < 1.29 is 13.2 Å². The number of para-hydroxylation sites is 1. The lowest BCUT2D eigenvalue weighted by molar-refractivity contribution is -0.120. The van der Waals surface area contributed by atoms with E-state index in [4.69, 9.17) is 11.6 Å². The predicted molar refractivity (Wildman–Crippen MR) is 117 cm³/mol. The van der Waals surface area contributed by atoms with Crippen LogP contribution in [-0.4, -0.2) is 31.7 Å². The fraction of sp³-hybridized carbons (Fsp3) is 0.409. The van der Waals surface area contributed by atoms with Crippen LogP contribution in [0.1, 0.15) is 37.8 Å². The molecule has 156 valence electrons. The van der Waals surface area contributed by atoms with E-state index in [0.717, 1.165) is 29.7 Å². The largest absolute Gasteiger partial charge is 0.325 e. The van der Waals surface area contributed by atoms with Gasteiger partial charge in [0.2, 0.25) is 15.9 Å². The van der Waals surface area contributed by atoms with E-state index in [1.807, 2.05) is 18.2 Å². The summed E-state index contributed by atoms with van der Waals surface area (Å²) in [5.41, 5.74) is 3.07. The molecule has 1 saturated heterocycles. The Kier molecular flexibility index (Phi) is 6.98. The molecule has 0 radical (unpaired) electrons. The second kappa shape index (κ2) is 9.28. The van der Waals surface area contributed by atoms with Gasteiger partial charge in [0.05, 0.1) is 10.8 Å². The molecular formula is C22H27ClN2O3S. The molecule has 0 saturated carbocycles. The van der Waals surface area contributed by atoms with Crippen molar-refractivity contribution in [3.8, 4) is 0 Å². The van der Waals surface area contributed by atoms with Gasteiger partial charge >= 0.3 is 0 Å². The number of sulfonamides is 1. The molecule has 1 fully saturated rings. The molecule has 1 aliphatic heterocycles. The van der Waals surface area contributed by atoms with Crippen LogP contribution >= 0.6 is 11.6 Å². The summed E-state index contributed by atoms with van der Waals surface area (Å²) < 4.78 is 27.4. The van der Waals surface area contributed by atoms with Gasteiger partial charge in [0.1, 0.15) is 0 Å². The summed E-state index contributed by atoms with van der Waals surface area (Å²) in [4.78, 5) is 13.2. The first-order chi connectivity index (χ1) is 13.9. The minimum atomic E-state index is -3.65. The summed E-state index contributed by atoms with van der Waals surface area (Å²) in [5, 5.41) is 3.58. The molecule has 2 aromatic carbocycles. The second-order valence-corrected chi connectivity index (χ2v) is 9.68. The summed E-state index contributed by atoms with van der Waals surface area (Å²) in [7, 11) is -3.65. The van der Waals surface area contributed by atoms with Gasteiger partial charge in [-0.1, -0.05) is 43.6 Å². The Morgan fingerprint density at radius 1 is 1.10 bits per heavy atom. The van der Waals surface area contributed by atoms with Crippen LogP contribution in [0.3, 0.4) is 0 Å². The van der Waals surface area contributed by atoms with Crippen LogP contribution < -0.4 is 5.32 Å². The highest BCUT2D eigenvalue weighted by atomic mass is 35.5. The fourth-order valence-electron chi connectivity index (χ4n) is 3.76. The number of amides is 1. The maximum atomic E-state index is 13.0. The van der Waals surface area contributed by atoms with Crippen molar-refractivity contribution in [2.45, 2.75) is 44.4 Å². The molecule has 1 N–H and O–H groups in total. The number of aryl methyl sites for hydroxylation is 2. The first-order valence-electron chi connectivity index (χ1n) is 10.0. The molecule has 0 aromatic heterocycles. The van der Waals surface area contributed by atoms with Gasteiger partial charge in [0, 0.05) is 23.8 Å². The van der Waals surface area contributed by atoms with Crippen molar-refractivity contribution in [2.24, 2.45) is 5.92 Å². The zero-order valence-corrected chi connectivity index (χ0v) is 18.4. The normalized spacial score (nSPS) is 17.8. The highest BCUT2D eigenvalue weighted by Gasteiger charge is 2.33. The standard InChI is InChI=1S/C22H27ClN2O3S/c1-3-16-7-5-8-17(4-2)21(16)24-22(26)18-9-6-14-25(15-18)29(27,28)20-12-10-19(23)11-13-20/h5,7-8,10-13,18H,3-4,6,9,14-15H2,1-2H3,(H,24,26)/t18-/m0/s1. The highest BCUT2D eigenvalue weighted by Crippen LogP contribution is 2.28. The van der Waals surface area contributed by atoms with E-state index in [-0.39, 0.29) is 23.3 Å². The Balaban J connectivity index is 1.77. The van der Waals surface area contributed by atoms with E-state index in [9.17, 15) is 13.2 Å². The third kappa shape index (κ3) is 4.82. The predicted octanol–water partition coefficient (Wildman–Crippen LogP) is 4.50. The summed E-state index contributed by atoms with van der Waals surface area (Å²) in [5.74, 6) is -0.489. The third-order valence-corrected chi connectivity index (χ3v) is 7.58. The number of rotatable bonds is 6. The molecular weight excluding hydrogens is 408 g/mol. The van der Waals surface area contributed by atoms with Gasteiger partial charge in [0.25, 0.3) is 0 Å². The molecule has 3 rings (SSSR count). The number of halogens is 1. The first-order valence-corrected chi connectivity index (χ1v) is 11.9. The maximum Gasteiger partial charge on any atom is 0.243 e. The van der Waals surface area contributed by atoms with Crippen LogP contribution in [0.5, 0.6) is 0 Å². The third-order valence-electron chi connectivity index (χ3n) is 5.45. The Hall–Kier alpha value is -1.89. The van der Waals surface area contributed by atoms with Crippen LogP contribution in [0.2, 0.25) is 5.02 Å². The molecule has 1 heterocycles. The van der Waals surface area contributed by atoms with Crippen LogP contribution in [0.4, 0.5) is 5.69 Å². The van der Waals surface area contributed by atoms with Crippen LogP contribution in [0.15, 0.2) is 47.4 Å². The van der Waals surface area contributed by atoms with Crippen molar-refractivity contribution in [1.29, 1.82) is 0 Å². The quantitative estimate of drug-likeness (QED) is 0.727. The molecule has 1 atom stereocenters. The molecule has 0 spiro atoms. The van der Waals surface area contributed by atoms with Crippen molar-refractivity contribution in [3.63, 3.8) is 0 Å². The number of anilines is 1. The first kappa shape index (κ1) is 21.8. The molecule has 1 amide bonds. The van der Waals surface area contributed by atoms with Gasteiger partial charge in [-0.15, -0.1) is 0 Å². The van der Waals surface area contributed by atoms with E-state index in [1.54, 1.807) is 12.1 Å². The van der Waals surface area contributed by atoms with Crippen LogP contribution in [0.25, 0.3) is 0 Å². The maximum absolute atomic E-state index is 13.0. The van der Waals surface area contributed by atoms with E-state index in [1.165, 1.54) is 16.4 Å². The number of hydrogen-bond acceptors (Lipinski definition) is 3. The lowest BCUT2D eigenvalue weighted by atomic mass is 9.97. The van der Waals surface area contributed by atoms with Crippen LogP contribution in [-0.2, 0) is 27.7 Å². The number of nitrogens with one attached hydrogen (secondary N) is 1. The van der Waals surface area contributed by atoms with Gasteiger partial charge in [-0.05, 0) is 61.1 Å². The Morgan fingerprint density at radius 3 is 2.31 bits per heavy atom. The zero-order valence-electron chi connectivity index (χ0n) is 16.8. The minimum Gasteiger partial charge on any atom is -0.325 e. The average Bonchev–Trinajstić information content (AvgIpc) is 2.74. The molecule has 7 heteroatoms.